The van der Waals surface area contributed by atoms with E-state index in [1.165, 1.54) is 26.0 Å². The molecule has 16 heteroatoms. The first-order chi connectivity index (χ1) is 32.1. The zero-order valence-electron chi connectivity index (χ0n) is 39.1. The maximum atomic E-state index is 15.7. The molecule has 0 spiro atoms. The molecule has 3 N–H and O–H groups in total. The van der Waals surface area contributed by atoms with Crippen LogP contribution in [0.15, 0.2) is 102 Å². The number of amides is 1. The molecule has 362 valence electrons. The van der Waals surface area contributed by atoms with E-state index in [1.807, 2.05) is 0 Å². The number of carbonyl (C=O) groups is 7. The molecule has 0 aromatic heterocycles. The molecule has 3 aromatic rings. The Morgan fingerprint density at radius 3 is 1.96 bits per heavy atom. The number of halogens is 1. The van der Waals surface area contributed by atoms with Crippen molar-refractivity contribution in [2.45, 2.75) is 133 Å². The minimum Gasteiger partial charge on any atom is -0.458 e. The van der Waals surface area contributed by atoms with Gasteiger partial charge in [0.05, 0.1) is 23.0 Å². The third-order valence-corrected chi connectivity index (χ3v) is 15.9. The number of Topliss-reactive ketones (excluding diaryl/α,β-unsaturated/α-hetero) is 1. The van der Waals surface area contributed by atoms with Crippen LogP contribution < -0.4 is 5.32 Å². The molecule has 7 rings (SSSR count). The molecule has 4 aliphatic carbocycles. The van der Waals surface area contributed by atoms with Gasteiger partial charge in [-0.1, -0.05) is 103 Å². The monoisotopic (exact) mass is 999 g/mol. The van der Waals surface area contributed by atoms with E-state index >= 15 is 9.59 Å². The van der Waals surface area contributed by atoms with Gasteiger partial charge in [-0.15, -0.1) is 0 Å². The molecule has 0 radical (unpaired) electrons. The summed E-state index contributed by atoms with van der Waals surface area (Å²) in [6.45, 7) is 10.2. The fourth-order valence-corrected chi connectivity index (χ4v) is 11.3. The lowest BCUT2D eigenvalue weighted by Crippen LogP contribution is -2.78. The van der Waals surface area contributed by atoms with Gasteiger partial charge in [-0.3, -0.25) is 24.0 Å². The number of fused-ring (bicyclic) bond motifs is 5. The smallest absolute Gasteiger partial charge is 0.350 e. The second-order valence-corrected chi connectivity index (χ2v) is 20.2. The van der Waals surface area contributed by atoms with Crippen LogP contribution >= 0.6 is 15.9 Å². The van der Waals surface area contributed by atoms with Crippen molar-refractivity contribution in [3.63, 3.8) is 0 Å². The van der Waals surface area contributed by atoms with Crippen molar-refractivity contribution in [3.8, 4) is 0 Å². The Kier molecular flexibility index (Phi) is 14.3. The molecule has 0 heterocycles. The van der Waals surface area contributed by atoms with Gasteiger partial charge >= 0.3 is 29.8 Å². The van der Waals surface area contributed by atoms with Crippen LogP contribution in [0.4, 0.5) is 0 Å². The van der Waals surface area contributed by atoms with Gasteiger partial charge in [0.25, 0.3) is 5.91 Å². The Hall–Kier alpha value is -5.71. The Balaban J connectivity index is 1.43. The lowest BCUT2D eigenvalue weighted by Gasteiger charge is -2.68. The van der Waals surface area contributed by atoms with Crippen LogP contribution in [0.2, 0.25) is 0 Å². The lowest BCUT2D eigenvalue weighted by molar-refractivity contribution is -0.296. The number of hydrogen-bond donors (Lipinski definition) is 3. The first-order valence-electron chi connectivity index (χ1n) is 22.9. The summed E-state index contributed by atoms with van der Waals surface area (Å²) < 4.78 is 31.1. The summed E-state index contributed by atoms with van der Waals surface area (Å²) in [6.07, 6.45) is -8.11. The first kappa shape index (κ1) is 50.2. The van der Waals surface area contributed by atoms with Gasteiger partial charge in [0.15, 0.2) is 11.9 Å². The molecular formula is C52H58BrNO14. The third kappa shape index (κ3) is 8.79. The second-order valence-electron chi connectivity index (χ2n) is 19.1. The number of carbonyl (C=O) groups excluding carboxylic acids is 7. The molecule has 0 aliphatic heterocycles. The van der Waals surface area contributed by atoms with Crippen LogP contribution in [0, 0.1) is 22.7 Å². The number of benzene rings is 3. The van der Waals surface area contributed by atoms with Crippen molar-refractivity contribution in [3.05, 3.63) is 119 Å². The van der Waals surface area contributed by atoms with E-state index in [-0.39, 0.29) is 41.5 Å². The molecule has 2 bridgehead atoms. The molecule has 3 fully saturated rings. The highest BCUT2D eigenvalue weighted by molar-refractivity contribution is 9.10. The molecule has 0 saturated heterocycles. The van der Waals surface area contributed by atoms with Gasteiger partial charge in [0.2, 0.25) is 6.10 Å². The average Bonchev–Trinajstić information content (AvgIpc) is 3.31. The summed E-state index contributed by atoms with van der Waals surface area (Å²) >= 11 is 3.31. The van der Waals surface area contributed by atoms with Gasteiger partial charge in [0, 0.05) is 37.2 Å². The van der Waals surface area contributed by atoms with Crippen molar-refractivity contribution < 1.29 is 67.5 Å². The summed E-state index contributed by atoms with van der Waals surface area (Å²) in [5, 5.41) is 29.0. The Morgan fingerprint density at radius 1 is 0.824 bits per heavy atom. The highest BCUT2D eigenvalue weighted by atomic mass is 79.9. The lowest BCUT2D eigenvalue weighted by atomic mass is 9.41. The zero-order chi connectivity index (χ0) is 49.5. The van der Waals surface area contributed by atoms with E-state index < -0.39 is 123 Å². The summed E-state index contributed by atoms with van der Waals surface area (Å²) in [5.74, 6) is -7.95. The van der Waals surface area contributed by atoms with Crippen LogP contribution in [0.5, 0.6) is 0 Å². The largest absolute Gasteiger partial charge is 0.458 e. The first-order valence-corrected chi connectivity index (χ1v) is 23.8. The van der Waals surface area contributed by atoms with E-state index in [4.69, 9.17) is 23.7 Å². The number of aliphatic hydroxyl groups is 2. The second kappa shape index (κ2) is 19.4. The van der Waals surface area contributed by atoms with Crippen molar-refractivity contribution in [1.29, 1.82) is 0 Å². The van der Waals surface area contributed by atoms with Crippen molar-refractivity contribution in [2.24, 2.45) is 22.7 Å². The molecule has 3 aromatic carbocycles. The summed E-state index contributed by atoms with van der Waals surface area (Å²) in [7, 11) is 0. The van der Waals surface area contributed by atoms with E-state index in [2.05, 4.69) is 21.2 Å². The van der Waals surface area contributed by atoms with E-state index in [9.17, 15) is 34.2 Å². The third-order valence-electron chi connectivity index (χ3n) is 14.9. The van der Waals surface area contributed by atoms with Gasteiger partial charge in [-0.05, 0) is 80.5 Å². The van der Waals surface area contributed by atoms with E-state index in [1.54, 1.807) is 107 Å². The fourth-order valence-electron chi connectivity index (χ4n) is 11.2. The normalized spacial score (nSPS) is 30.5. The standard InChI is InChI=1S/C52H58BrNO14/c1-8-35(53)47(61)66-41(39(31-18-12-9-13-19-31)54-45(59)32-20-14-10-15-21-32)48(62)65-36-27-52(63)44(67-46(60)33-22-16-11-17-23-33)42-50(7,37(57)26-34-24-25-51(34,42)68-30(4)56)43(58)40(64-29(3)55)38(28(36)2)49(52,5)6/h9-23,34-37,39-42,44,57,63H,8,24-27H2,1-7H3,(H,54,59)/t34-,35?,36+,37+,39+,40-,41-,42+,44+,50-,51+,52-/m1/s1. The minimum absolute atomic E-state index is 0.00492. The van der Waals surface area contributed by atoms with E-state index in [0.717, 1.165) is 6.92 Å². The zero-order valence-corrected chi connectivity index (χ0v) is 40.6. The van der Waals surface area contributed by atoms with Gasteiger partial charge < -0.3 is 39.2 Å². The Labute approximate surface area is 403 Å². The molecule has 4 aliphatic rings. The topological polar surface area (TPSA) is 218 Å². The predicted molar refractivity (Wildman–Crippen MR) is 248 cm³/mol. The van der Waals surface area contributed by atoms with Crippen LogP contribution in [0.3, 0.4) is 0 Å². The van der Waals surface area contributed by atoms with Crippen molar-refractivity contribution >= 4 is 57.5 Å². The van der Waals surface area contributed by atoms with Crippen LogP contribution in [-0.4, -0.2) is 98.3 Å². The molecular weight excluding hydrogens is 942 g/mol. The molecule has 3 saturated carbocycles. The average molecular weight is 1000 g/mol. The Bertz CT molecular complexity index is 2480. The van der Waals surface area contributed by atoms with Gasteiger partial charge in [-0.25, -0.2) is 9.59 Å². The van der Waals surface area contributed by atoms with Crippen LogP contribution in [-0.2, 0) is 47.7 Å². The highest BCUT2D eigenvalue weighted by Gasteiger charge is 2.77. The number of alkyl halides is 1. The molecule has 15 nitrogen and oxygen atoms in total. The number of aliphatic hydroxyl groups excluding tert-OH is 1. The minimum atomic E-state index is -2.39. The molecule has 1 unspecified atom stereocenters. The number of hydrogen-bond acceptors (Lipinski definition) is 14. The SMILES string of the molecule is CCC(Br)C(=O)O[C@@H](C(=O)O[C@H]1C[C@@]2(O)[C@@H](OC(=O)c3ccccc3)[C@@H]3[C@]4(OC(C)=O)CC[C@@H]4C[C@H](O)[C@@]3(C)C(=O)[C@H](OC(C)=O)C(=C1C)C2(C)C)[C@@H](NC(=O)c1ccccc1)c1ccccc1. The van der Waals surface area contributed by atoms with Crippen LogP contribution in [0.25, 0.3) is 0 Å². The number of ketones is 1. The maximum absolute atomic E-state index is 15.7. The predicted octanol–water partition coefficient (Wildman–Crippen LogP) is 6.47. The number of rotatable bonds is 13. The summed E-state index contributed by atoms with van der Waals surface area (Å²) in [5.41, 5.74) is -6.77. The van der Waals surface area contributed by atoms with Gasteiger partial charge in [-0.2, -0.15) is 0 Å². The van der Waals surface area contributed by atoms with Crippen LogP contribution in [0.1, 0.15) is 113 Å². The highest BCUT2D eigenvalue weighted by Crippen LogP contribution is 2.67. The maximum Gasteiger partial charge on any atom is 0.350 e. The van der Waals surface area contributed by atoms with E-state index in [0.29, 0.717) is 12.0 Å². The summed E-state index contributed by atoms with van der Waals surface area (Å²) in [4.78, 5) is 98.3. The molecule has 1 amide bonds. The Morgan fingerprint density at radius 2 is 1.41 bits per heavy atom. The van der Waals surface area contributed by atoms with Gasteiger partial charge in [0.1, 0.15) is 34.3 Å². The number of nitrogens with one attached hydrogen (secondary N) is 1. The molecule has 12 atom stereocenters. The van der Waals surface area contributed by atoms with Crippen molar-refractivity contribution in [2.75, 3.05) is 0 Å². The quantitative estimate of drug-likeness (QED) is 0.0724. The summed E-state index contributed by atoms with van der Waals surface area (Å²) in [6, 6.07) is 23.1. The number of esters is 5. The molecule has 68 heavy (non-hydrogen) atoms. The van der Waals surface area contributed by atoms with Crippen molar-refractivity contribution in [1.82, 2.24) is 5.32 Å². The fraction of sp³-hybridized carbons (Fsp3) is 0.481. The number of ether oxygens (including phenoxy) is 5.